The van der Waals surface area contributed by atoms with Gasteiger partial charge in [0.2, 0.25) is 5.91 Å². The first-order chi connectivity index (χ1) is 10.9. The van der Waals surface area contributed by atoms with Crippen LogP contribution in [0.4, 0.5) is 0 Å². The Labute approximate surface area is 142 Å². The molecule has 1 aliphatic rings. The molecule has 23 heavy (non-hydrogen) atoms. The molecular weight excluding hydrogens is 334 g/mol. The third-order valence-corrected chi connectivity index (χ3v) is 6.94. The lowest BCUT2D eigenvalue weighted by molar-refractivity contribution is -0.131. The van der Waals surface area contributed by atoms with Crippen LogP contribution >= 0.6 is 11.3 Å². The van der Waals surface area contributed by atoms with Gasteiger partial charge in [-0.2, -0.15) is 4.31 Å². The van der Waals surface area contributed by atoms with Crippen LogP contribution in [0.25, 0.3) is 0 Å². The van der Waals surface area contributed by atoms with Crippen molar-refractivity contribution >= 4 is 27.3 Å². The normalized spacial score (nSPS) is 16.3. The van der Waals surface area contributed by atoms with Crippen molar-refractivity contribution in [3.05, 3.63) is 17.5 Å². The van der Waals surface area contributed by atoms with E-state index in [1.807, 2.05) is 18.7 Å². The molecule has 0 bridgehead atoms. The maximum absolute atomic E-state index is 12.7. The highest BCUT2D eigenvalue weighted by molar-refractivity contribution is 7.91. The average molecular weight is 360 g/mol. The van der Waals surface area contributed by atoms with Gasteiger partial charge in [-0.05, 0) is 17.4 Å². The minimum atomic E-state index is -3.51. The molecule has 1 N–H and O–H groups in total. The smallest absolute Gasteiger partial charge is 0.252 e. The molecule has 1 aromatic heterocycles. The van der Waals surface area contributed by atoms with Crippen LogP contribution in [0, 0.1) is 5.92 Å². The molecule has 1 saturated heterocycles. The minimum Gasteiger partial charge on any atom is -0.340 e. The van der Waals surface area contributed by atoms with Gasteiger partial charge in [-0.3, -0.25) is 4.79 Å². The van der Waals surface area contributed by atoms with Crippen molar-refractivity contribution < 1.29 is 13.2 Å². The maximum Gasteiger partial charge on any atom is 0.252 e. The topological polar surface area (TPSA) is 69.7 Å². The van der Waals surface area contributed by atoms with E-state index in [-0.39, 0.29) is 24.8 Å². The fourth-order valence-electron chi connectivity index (χ4n) is 2.55. The molecule has 1 fully saturated rings. The van der Waals surface area contributed by atoms with Crippen molar-refractivity contribution in [2.24, 2.45) is 5.92 Å². The zero-order valence-corrected chi connectivity index (χ0v) is 15.3. The number of carbonyl (C=O) groups excluding carboxylic acids is 1. The summed E-state index contributed by atoms with van der Waals surface area (Å²) in [6.07, 6.45) is 0.233. The van der Waals surface area contributed by atoms with Crippen LogP contribution in [0.3, 0.4) is 0 Å². The Morgan fingerprint density at radius 3 is 2.65 bits per heavy atom. The fraction of sp³-hybridized carbons (Fsp3) is 0.667. The highest BCUT2D eigenvalue weighted by atomic mass is 32.2. The second-order valence-corrected chi connectivity index (χ2v) is 9.18. The highest BCUT2D eigenvalue weighted by Gasteiger charge is 2.27. The van der Waals surface area contributed by atoms with E-state index in [2.05, 4.69) is 5.32 Å². The first-order valence-corrected chi connectivity index (χ1v) is 10.3. The summed E-state index contributed by atoms with van der Waals surface area (Å²) in [5, 5.41) is 4.96. The number of carbonyl (C=O) groups is 1. The molecule has 0 radical (unpaired) electrons. The summed E-state index contributed by atoms with van der Waals surface area (Å²) in [7, 11) is -3.51. The number of thiophene rings is 1. The molecule has 1 aromatic rings. The predicted molar refractivity (Wildman–Crippen MR) is 92.0 cm³/mol. The molecule has 1 aliphatic heterocycles. The Balaban J connectivity index is 2.02. The van der Waals surface area contributed by atoms with Gasteiger partial charge in [-0.1, -0.05) is 19.9 Å². The van der Waals surface area contributed by atoms with Gasteiger partial charge < -0.3 is 10.2 Å². The number of piperazine rings is 1. The van der Waals surface area contributed by atoms with Crippen LogP contribution in [0.15, 0.2) is 21.7 Å². The third kappa shape index (κ3) is 5.00. The monoisotopic (exact) mass is 359 g/mol. The Morgan fingerprint density at radius 2 is 2.09 bits per heavy atom. The number of amides is 1. The van der Waals surface area contributed by atoms with E-state index in [4.69, 9.17) is 0 Å². The van der Waals surface area contributed by atoms with Gasteiger partial charge in [-0.15, -0.1) is 11.3 Å². The zero-order valence-electron chi connectivity index (χ0n) is 13.7. The lowest BCUT2D eigenvalue weighted by Gasteiger charge is -2.29. The molecule has 6 nitrogen and oxygen atoms in total. The number of nitrogens with zero attached hydrogens (tertiary/aromatic N) is 2. The average Bonchev–Trinajstić information content (AvgIpc) is 3.06. The second kappa shape index (κ2) is 8.23. The van der Waals surface area contributed by atoms with Crippen LogP contribution in [0.1, 0.15) is 20.3 Å². The SMILES string of the molecule is CC(C)CN(CCC(=O)N1CCNCC1)S(=O)(=O)c1cccs1. The molecule has 0 atom stereocenters. The summed E-state index contributed by atoms with van der Waals surface area (Å²) in [4.78, 5) is 14.1. The Morgan fingerprint density at radius 1 is 1.39 bits per heavy atom. The first-order valence-electron chi connectivity index (χ1n) is 7.93. The van der Waals surface area contributed by atoms with E-state index in [0.29, 0.717) is 23.8 Å². The lowest BCUT2D eigenvalue weighted by Crippen LogP contribution is -2.47. The lowest BCUT2D eigenvalue weighted by atomic mass is 10.2. The van der Waals surface area contributed by atoms with Crippen LogP contribution in [0.2, 0.25) is 0 Å². The second-order valence-electron chi connectivity index (χ2n) is 6.07. The van der Waals surface area contributed by atoms with E-state index in [1.54, 1.807) is 17.5 Å². The summed E-state index contributed by atoms with van der Waals surface area (Å²) < 4.78 is 27.2. The van der Waals surface area contributed by atoms with Crippen molar-refractivity contribution in [2.45, 2.75) is 24.5 Å². The molecular formula is C15H25N3O3S2. The molecule has 8 heteroatoms. The molecule has 0 aliphatic carbocycles. The number of hydrogen-bond donors (Lipinski definition) is 1. The number of hydrogen-bond acceptors (Lipinski definition) is 5. The number of rotatable bonds is 7. The van der Waals surface area contributed by atoms with E-state index < -0.39 is 10.0 Å². The highest BCUT2D eigenvalue weighted by Crippen LogP contribution is 2.22. The summed E-state index contributed by atoms with van der Waals surface area (Å²) in [6.45, 7) is 7.62. The summed E-state index contributed by atoms with van der Waals surface area (Å²) in [5.74, 6) is 0.237. The van der Waals surface area contributed by atoms with E-state index in [0.717, 1.165) is 13.1 Å². The van der Waals surface area contributed by atoms with E-state index in [1.165, 1.54) is 15.6 Å². The van der Waals surface area contributed by atoms with Gasteiger partial charge in [0.1, 0.15) is 4.21 Å². The molecule has 2 heterocycles. The largest absolute Gasteiger partial charge is 0.340 e. The van der Waals surface area contributed by atoms with Crippen molar-refractivity contribution in [1.82, 2.24) is 14.5 Å². The maximum atomic E-state index is 12.7. The molecule has 2 rings (SSSR count). The zero-order chi connectivity index (χ0) is 16.9. The standard InChI is InChI=1S/C15H25N3O3S2/c1-13(2)12-18(23(20,21)15-4-3-11-22-15)8-5-14(19)17-9-6-16-7-10-17/h3-4,11,13,16H,5-10,12H2,1-2H3. The predicted octanol–water partition coefficient (Wildman–Crippen LogP) is 1.22. The minimum absolute atomic E-state index is 0.0293. The van der Waals surface area contributed by atoms with Gasteiger partial charge in [0.15, 0.2) is 0 Å². The van der Waals surface area contributed by atoms with Gasteiger partial charge in [-0.25, -0.2) is 8.42 Å². The summed E-state index contributed by atoms with van der Waals surface area (Å²) >= 11 is 1.21. The van der Waals surface area contributed by atoms with Gasteiger partial charge >= 0.3 is 0 Å². The van der Waals surface area contributed by atoms with E-state index >= 15 is 0 Å². The van der Waals surface area contributed by atoms with E-state index in [9.17, 15) is 13.2 Å². The summed E-state index contributed by atoms with van der Waals surface area (Å²) in [5.41, 5.74) is 0. The fourth-order valence-corrected chi connectivity index (χ4v) is 5.30. The van der Waals surface area contributed by atoms with Gasteiger partial charge in [0.25, 0.3) is 10.0 Å². The Bertz CT molecular complexity index is 593. The summed E-state index contributed by atoms with van der Waals surface area (Å²) in [6, 6.07) is 3.35. The van der Waals surface area contributed by atoms with Crippen molar-refractivity contribution in [3.8, 4) is 0 Å². The molecule has 130 valence electrons. The third-order valence-electron chi connectivity index (χ3n) is 3.70. The first kappa shape index (κ1) is 18.4. The molecule has 0 unspecified atom stereocenters. The van der Waals surface area contributed by atoms with Crippen LogP contribution < -0.4 is 5.32 Å². The van der Waals surface area contributed by atoms with Crippen molar-refractivity contribution in [1.29, 1.82) is 0 Å². The number of nitrogens with one attached hydrogen (secondary N) is 1. The van der Waals surface area contributed by atoms with Crippen molar-refractivity contribution in [2.75, 3.05) is 39.3 Å². The van der Waals surface area contributed by atoms with Crippen LogP contribution in [0.5, 0.6) is 0 Å². The van der Waals surface area contributed by atoms with Crippen molar-refractivity contribution in [3.63, 3.8) is 0 Å². The van der Waals surface area contributed by atoms with Crippen LogP contribution in [-0.2, 0) is 14.8 Å². The molecule has 0 aromatic carbocycles. The molecule has 1 amide bonds. The van der Waals surface area contributed by atoms with Crippen LogP contribution in [-0.4, -0.2) is 62.8 Å². The van der Waals surface area contributed by atoms with Gasteiger partial charge in [0, 0.05) is 45.7 Å². The molecule has 0 spiro atoms. The Kier molecular flexibility index (Phi) is 6.58. The molecule has 0 saturated carbocycles. The number of sulfonamides is 1. The quantitative estimate of drug-likeness (QED) is 0.795. The Hall–Kier alpha value is -0.960. The van der Waals surface area contributed by atoms with Gasteiger partial charge in [0.05, 0.1) is 0 Å².